The van der Waals surface area contributed by atoms with Gasteiger partial charge < -0.3 is 15.0 Å². The predicted octanol–water partition coefficient (Wildman–Crippen LogP) is 5.04. The van der Waals surface area contributed by atoms with Crippen LogP contribution in [0.1, 0.15) is 42.1 Å². The van der Waals surface area contributed by atoms with Gasteiger partial charge in [0.1, 0.15) is 11.6 Å². The van der Waals surface area contributed by atoms with Gasteiger partial charge in [-0.05, 0) is 56.1 Å². The number of imidazole rings is 1. The highest BCUT2D eigenvalue weighted by molar-refractivity contribution is 6.33. The van der Waals surface area contributed by atoms with E-state index in [0.29, 0.717) is 34.2 Å². The Morgan fingerprint density at radius 1 is 1.14 bits per heavy atom. The third kappa shape index (κ3) is 5.77. The van der Waals surface area contributed by atoms with Crippen molar-refractivity contribution in [1.29, 1.82) is 0 Å². The summed E-state index contributed by atoms with van der Waals surface area (Å²) in [5.41, 5.74) is 1.99. The second kappa shape index (κ2) is 11.4. The zero-order valence-electron chi connectivity index (χ0n) is 20.9. The van der Waals surface area contributed by atoms with E-state index in [9.17, 15) is 9.90 Å². The van der Waals surface area contributed by atoms with Gasteiger partial charge in [-0.25, -0.2) is 14.8 Å². The van der Waals surface area contributed by atoms with Crippen molar-refractivity contribution in [3.8, 4) is 11.4 Å². The Bertz CT molecular complexity index is 1230. The molecule has 3 aromatic rings. The minimum Gasteiger partial charge on any atom is -0.478 e. The number of hydrogen-bond donors (Lipinski definition) is 2. The first kappa shape index (κ1) is 26.0. The van der Waals surface area contributed by atoms with Crippen LogP contribution in [0, 0.1) is 0 Å². The lowest BCUT2D eigenvalue weighted by Crippen LogP contribution is -2.58. The van der Waals surface area contributed by atoms with Crippen molar-refractivity contribution in [3.63, 3.8) is 0 Å². The third-order valence-corrected chi connectivity index (χ3v) is 8.13. The average molecular weight is 543 g/mol. The van der Waals surface area contributed by atoms with Gasteiger partial charge in [-0.1, -0.05) is 36.2 Å². The van der Waals surface area contributed by atoms with Crippen LogP contribution in [0.2, 0.25) is 10.0 Å². The summed E-state index contributed by atoms with van der Waals surface area (Å²) in [5, 5.41) is 10.7. The Balaban J connectivity index is 1.19. The van der Waals surface area contributed by atoms with Crippen LogP contribution in [0.15, 0.2) is 42.9 Å². The second-order valence-corrected chi connectivity index (χ2v) is 10.7. The number of nitrogens with one attached hydrogen (secondary N) is 1. The number of rotatable bonds is 7. The number of H-pyrrole nitrogens is 1. The van der Waals surface area contributed by atoms with Crippen molar-refractivity contribution in [2.45, 2.75) is 44.8 Å². The van der Waals surface area contributed by atoms with Gasteiger partial charge in [-0.3, -0.25) is 9.80 Å². The van der Waals surface area contributed by atoms with Crippen LogP contribution in [0.5, 0.6) is 0 Å². The lowest BCUT2D eigenvalue weighted by Gasteiger charge is -2.47. The number of hydrogen-bond acceptors (Lipinski definition) is 6. The number of carboxylic acids is 1. The topological polar surface area (TPSA) is 88.6 Å². The van der Waals surface area contributed by atoms with Gasteiger partial charge >= 0.3 is 5.97 Å². The SMILES string of the molecule is CC[C@H]1CN(c2ncc(-c3ncc[nH]3)cc2Cl)CCN1C1CCN(Cc2ccc(Cl)cc2C(=O)O)CC1. The fraction of sp³-hybridized carbons (Fsp3) is 0.444. The number of anilines is 1. The summed E-state index contributed by atoms with van der Waals surface area (Å²) in [4.78, 5) is 31.1. The molecule has 4 heterocycles. The summed E-state index contributed by atoms with van der Waals surface area (Å²) in [5.74, 6) is 0.669. The highest BCUT2D eigenvalue weighted by Gasteiger charge is 2.34. The molecule has 2 aliphatic rings. The Labute approximate surface area is 227 Å². The molecule has 0 spiro atoms. The molecule has 0 radical (unpaired) electrons. The fourth-order valence-electron chi connectivity index (χ4n) is 5.66. The molecule has 2 N–H and O–H groups in total. The Kier molecular flexibility index (Phi) is 8.00. The molecule has 0 aliphatic carbocycles. The van der Waals surface area contributed by atoms with Gasteiger partial charge in [0.2, 0.25) is 0 Å². The number of piperazine rings is 1. The summed E-state index contributed by atoms with van der Waals surface area (Å²) in [6, 6.07) is 8.04. The molecule has 37 heavy (non-hydrogen) atoms. The number of aromatic carboxylic acids is 1. The van der Waals surface area contributed by atoms with E-state index < -0.39 is 5.97 Å². The fourth-order valence-corrected chi connectivity index (χ4v) is 6.12. The van der Waals surface area contributed by atoms with Crippen molar-refractivity contribution in [2.75, 3.05) is 37.6 Å². The van der Waals surface area contributed by atoms with Crippen molar-refractivity contribution in [1.82, 2.24) is 24.8 Å². The lowest BCUT2D eigenvalue weighted by atomic mass is 9.97. The maximum Gasteiger partial charge on any atom is 0.336 e. The van der Waals surface area contributed by atoms with Crippen LogP contribution in [0.4, 0.5) is 5.82 Å². The number of likely N-dealkylation sites (tertiary alicyclic amines) is 1. The monoisotopic (exact) mass is 542 g/mol. The Hall–Kier alpha value is -2.65. The quantitative estimate of drug-likeness (QED) is 0.432. The number of aromatic amines is 1. The number of carboxylic acid groups (broad SMARTS) is 1. The molecule has 5 rings (SSSR count). The van der Waals surface area contributed by atoms with E-state index in [1.165, 1.54) is 0 Å². The first-order valence-corrected chi connectivity index (χ1v) is 13.6. The third-order valence-electron chi connectivity index (χ3n) is 7.61. The molecule has 2 fully saturated rings. The number of aromatic nitrogens is 3. The molecule has 2 saturated heterocycles. The van der Waals surface area contributed by atoms with Gasteiger partial charge in [-0.15, -0.1) is 0 Å². The minimum absolute atomic E-state index is 0.293. The molecule has 0 unspecified atom stereocenters. The number of carbonyl (C=O) groups is 1. The van der Waals surface area contributed by atoms with Crippen molar-refractivity contribution >= 4 is 35.0 Å². The van der Waals surface area contributed by atoms with Crippen LogP contribution in [-0.4, -0.2) is 80.6 Å². The van der Waals surface area contributed by atoms with E-state index in [0.717, 1.165) is 74.8 Å². The van der Waals surface area contributed by atoms with Crippen LogP contribution >= 0.6 is 23.2 Å². The minimum atomic E-state index is -0.929. The van der Waals surface area contributed by atoms with Gasteiger partial charge in [-0.2, -0.15) is 0 Å². The molecule has 1 atom stereocenters. The molecule has 0 bridgehead atoms. The summed E-state index contributed by atoms with van der Waals surface area (Å²) >= 11 is 12.7. The van der Waals surface area contributed by atoms with Crippen molar-refractivity contribution in [2.24, 2.45) is 0 Å². The Morgan fingerprint density at radius 3 is 2.62 bits per heavy atom. The van der Waals surface area contributed by atoms with Crippen LogP contribution in [0.3, 0.4) is 0 Å². The normalized spacial score (nSPS) is 19.9. The number of piperidine rings is 1. The number of nitrogens with zero attached hydrogens (tertiary/aromatic N) is 5. The average Bonchev–Trinajstić information content (AvgIpc) is 3.45. The summed E-state index contributed by atoms with van der Waals surface area (Å²) in [6.07, 6.45) is 8.55. The van der Waals surface area contributed by atoms with E-state index in [2.05, 4.69) is 31.6 Å². The standard InChI is InChI=1S/C27H32Cl2N6O2/c1-2-21-17-34(26-24(29)13-19(15-32-26)25-30-7-8-31-25)11-12-35(21)22-5-9-33(10-6-22)16-18-3-4-20(28)14-23(18)27(36)37/h3-4,7-8,13-15,21-22H,2,5-6,9-12,16-17H2,1H3,(H,30,31)(H,36,37)/t21-/m0/s1. The lowest BCUT2D eigenvalue weighted by molar-refractivity contribution is 0.0602. The second-order valence-electron chi connectivity index (χ2n) is 9.83. The predicted molar refractivity (Wildman–Crippen MR) is 147 cm³/mol. The van der Waals surface area contributed by atoms with Crippen LogP contribution < -0.4 is 4.90 Å². The smallest absolute Gasteiger partial charge is 0.336 e. The molecule has 10 heteroatoms. The van der Waals surface area contributed by atoms with E-state index in [4.69, 9.17) is 28.2 Å². The van der Waals surface area contributed by atoms with Crippen LogP contribution in [-0.2, 0) is 6.54 Å². The van der Waals surface area contributed by atoms with Gasteiger partial charge in [0.05, 0.1) is 10.6 Å². The molecule has 0 saturated carbocycles. The highest BCUT2D eigenvalue weighted by atomic mass is 35.5. The largest absolute Gasteiger partial charge is 0.478 e. The molecule has 196 valence electrons. The van der Waals surface area contributed by atoms with E-state index in [-0.39, 0.29) is 0 Å². The molecule has 2 aliphatic heterocycles. The van der Waals surface area contributed by atoms with Crippen molar-refractivity contribution in [3.05, 3.63) is 64.0 Å². The van der Waals surface area contributed by atoms with Gasteiger partial charge in [0, 0.05) is 67.4 Å². The maximum atomic E-state index is 11.7. The number of pyridine rings is 1. The number of halogens is 2. The zero-order chi connectivity index (χ0) is 25.9. The van der Waals surface area contributed by atoms with Gasteiger partial charge in [0.15, 0.2) is 0 Å². The molecule has 1 aromatic carbocycles. The summed E-state index contributed by atoms with van der Waals surface area (Å²) in [6.45, 7) is 7.54. The Morgan fingerprint density at radius 2 is 1.95 bits per heavy atom. The van der Waals surface area contributed by atoms with E-state index in [1.807, 2.05) is 18.3 Å². The first-order chi connectivity index (χ1) is 17.9. The summed E-state index contributed by atoms with van der Waals surface area (Å²) in [7, 11) is 0. The zero-order valence-corrected chi connectivity index (χ0v) is 22.4. The molecule has 0 amide bonds. The van der Waals surface area contributed by atoms with Crippen LogP contribution in [0.25, 0.3) is 11.4 Å². The van der Waals surface area contributed by atoms with E-state index in [1.54, 1.807) is 24.5 Å². The molecular weight excluding hydrogens is 511 g/mol. The molecule has 8 nitrogen and oxygen atoms in total. The van der Waals surface area contributed by atoms with Crippen molar-refractivity contribution < 1.29 is 9.90 Å². The van der Waals surface area contributed by atoms with E-state index >= 15 is 0 Å². The first-order valence-electron chi connectivity index (χ1n) is 12.8. The van der Waals surface area contributed by atoms with Gasteiger partial charge in [0.25, 0.3) is 0 Å². The summed E-state index contributed by atoms with van der Waals surface area (Å²) < 4.78 is 0. The maximum absolute atomic E-state index is 11.7. The highest BCUT2D eigenvalue weighted by Crippen LogP contribution is 2.31. The molecular formula is C27H32Cl2N6O2. The number of benzene rings is 1. The molecule has 2 aromatic heterocycles.